The number of benzene rings is 1. The lowest BCUT2D eigenvalue weighted by Gasteiger charge is -2.34. The van der Waals surface area contributed by atoms with E-state index in [0.29, 0.717) is 50.0 Å². The Bertz CT molecular complexity index is 1030. The number of rotatable bonds is 6. The first-order valence-corrected chi connectivity index (χ1v) is 11.1. The van der Waals surface area contributed by atoms with E-state index in [4.69, 9.17) is 4.52 Å². The predicted octanol–water partition coefficient (Wildman–Crippen LogP) is 2.49. The van der Waals surface area contributed by atoms with Crippen LogP contribution in [-0.2, 0) is 11.3 Å². The minimum atomic E-state index is -0.225. The van der Waals surface area contributed by atoms with E-state index in [2.05, 4.69) is 20.4 Å². The van der Waals surface area contributed by atoms with E-state index in [1.165, 1.54) is 0 Å². The zero-order chi connectivity index (χ0) is 21.8. The van der Waals surface area contributed by atoms with E-state index in [0.717, 1.165) is 16.7 Å². The van der Waals surface area contributed by atoms with E-state index >= 15 is 0 Å². The van der Waals surface area contributed by atoms with E-state index < -0.39 is 0 Å². The van der Waals surface area contributed by atoms with Crippen molar-refractivity contribution in [1.29, 1.82) is 0 Å². The normalized spacial score (nSPS) is 14.6. The van der Waals surface area contributed by atoms with Crippen LogP contribution in [0, 0.1) is 13.8 Å². The molecule has 2 amide bonds. The molecule has 0 unspecified atom stereocenters. The number of hydrogen-bond acceptors (Lipinski definition) is 7. The Morgan fingerprint density at radius 1 is 1.13 bits per heavy atom. The highest BCUT2D eigenvalue weighted by Gasteiger charge is 2.23. The number of carbonyl (C=O) groups is 2. The van der Waals surface area contributed by atoms with Crippen molar-refractivity contribution >= 4 is 23.2 Å². The molecule has 1 N–H and O–H groups in total. The lowest BCUT2D eigenvalue weighted by molar-refractivity contribution is -0.131. The first kappa shape index (κ1) is 21.2. The number of nitrogens with one attached hydrogen (secondary N) is 1. The predicted molar refractivity (Wildman–Crippen MR) is 118 cm³/mol. The Labute approximate surface area is 184 Å². The molecule has 0 bridgehead atoms. The monoisotopic (exact) mass is 439 g/mol. The molecule has 0 aliphatic carbocycles. The van der Waals surface area contributed by atoms with Crippen LogP contribution in [0.2, 0.25) is 0 Å². The van der Waals surface area contributed by atoms with Gasteiger partial charge in [-0.25, -0.2) is 0 Å². The van der Waals surface area contributed by atoms with Crippen molar-refractivity contribution < 1.29 is 14.1 Å². The third-order valence-electron chi connectivity index (χ3n) is 5.22. The summed E-state index contributed by atoms with van der Waals surface area (Å²) in [5.41, 5.74) is 3.59. The standard InChI is InChI=1S/C22H25N5O3S/c1-15-9-16(2)11-18(10-15)22(29)23-12-20(28)27-6-4-26(5-7-27)13-19-24-21(25-30-19)17-3-8-31-14-17/h3,8-11,14H,4-7,12-13H2,1-2H3,(H,23,29). The van der Waals surface area contributed by atoms with Crippen molar-refractivity contribution in [2.45, 2.75) is 20.4 Å². The molecule has 162 valence electrons. The van der Waals surface area contributed by atoms with Gasteiger partial charge in [0.05, 0.1) is 13.1 Å². The zero-order valence-corrected chi connectivity index (χ0v) is 18.4. The van der Waals surface area contributed by atoms with Gasteiger partial charge in [-0.2, -0.15) is 16.3 Å². The van der Waals surface area contributed by atoms with Gasteiger partial charge in [-0.15, -0.1) is 0 Å². The smallest absolute Gasteiger partial charge is 0.251 e. The molecular formula is C22H25N5O3S. The van der Waals surface area contributed by atoms with Crippen LogP contribution in [0.15, 0.2) is 39.5 Å². The number of piperazine rings is 1. The Morgan fingerprint density at radius 2 is 1.87 bits per heavy atom. The van der Waals surface area contributed by atoms with E-state index in [9.17, 15) is 9.59 Å². The Morgan fingerprint density at radius 3 is 2.55 bits per heavy atom. The molecule has 3 aromatic rings. The van der Waals surface area contributed by atoms with E-state index in [1.54, 1.807) is 16.2 Å². The average molecular weight is 440 g/mol. The lowest BCUT2D eigenvalue weighted by atomic mass is 10.1. The van der Waals surface area contributed by atoms with Gasteiger partial charge in [0.15, 0.2) is 0 Å². The highest BCUT2D eigenvalue weighted by Crippen LogP contribution is 2.19. The molecule has 0 spiro atoms. The van der Waals surface area contributed by atoms with Gasteiger partial charge in [0, 0.05) is 42.7 Å². The third kappa shape index (κ3) is 5.36. The number of hydrogen-bond donors (Lipinski definition) is 1. The third-order valence-corrected chi connectivity index (χ3v) is 5.90. The summed E-state index contributed by atoms with van der Waals surface area (Å²) in [7, 11) is 0. The highest BCUT2D eigenvalue weighted by atomic mass is 32.1. The molecule has 4 rings (SSSR count). The zero-order valence-electron chi connectivity index (χ0n) is 17.6. The quantitative estimate of drug-likeness (QED) is 0.635. The molecule has 2 aromatic heterocycles. The fourth-order valence-corrected chi connectivity index (χ4v) is 4.28. The van der Waals surface area contributed by atoms with Crippen molar-refractivity contribution in [2.75, 3.05) is 32.7 Å². The Hall–Kier alpha value is -3.04. The van der Waals surface area contributed by atoms with Crippen LogP contribution in [-0.4, -0.2) is 64.5 Å². The fourth-order valence-electron chi connectivity index (χ4n) is 3.65. The molecule has 1 aliphatic heterocycles. The van der Waals surface area contributed by atoms with Gasteiger partial charge < -0.3 is 14.7 Å². The minimum absolute atomic E-state index is 0.000512. The maximum atomic E-state index is 12.5. The number of aryl methyl sites for hydroxylation is 2. The molecule has 1 saturated heterocycles. The fraction of sp³-hybridized carbons (Fsp3) is 0.364. The Balaban J connectivity index is 1.23. The van der Waals surface area contributed by atoms with Crippen molar-refractivity contribution in [3.05, 3.63) is 57.6 Å². The maximum Gasteiger partial charge on any atom is 0.251 e. The van der Waals surface area contributed by atoms with Crippen LogP contribution in [0.25, 0.3) is 11.4 Å². The lowest BCUT2D eigenvalue weighted by Crippen LogP contribution is -2.50. The number of amides is 2. The molecule has 1 aromatic carbocycles. The Kier molecular flexibility index (Phi) is 6.43. The molecule has 0 saturated carbocycles. The second kappa shape index (κ2) is 9.40. The number of carbonyl (C=O) groups excluding carboxylic acids is 2. The van der Waals surface area contributed by atoms with E-state index in [-0.39, 0.29) is 18.4 Å². The van der Waals surface area contributed by atoms with Gasteiger partial charge in [-0.1, -0.05) is 22.3 Å². The minimum Gasteiger partial charge on any atom is -0.343 e. The molecule has 31 heavy (non-hydrogen) atoms. The number of aromatic nitrogens is 2. The van der Waals surface area contributed by atoms with Crippen LogP contribution in [0.3, 0.4) is 0 Å². The summed E-state index contributed by atoms with van der Waals surface area (Å²) in [5, 5.41) is 10.7. The number of thiophene rings is 1. The van der Waals surface area contributed by atoms with Gasteiger partial charge in [-0.3, -0.25) is 14.5 Å². The molecule has 9 heteroatoms. The average Bonchev–Trinajstić information content (AvgIpc) is 3.43. The van der Waals surface area contributed by atoms with Gasteiger partial charge in [0.1, 0.15) is 0 Å². The second-order valence-corrected chi connectivity index (χ2v) is 8.52. The molecule has 1 aliphatic rings. The summed E-state index contributed by atoms with van der Waals surface area (Å²) in [4.78, 5) is 33.3. The van der Waals surface area contributed by atoms with Crippen molar-refractivity contribution in [3.63, 3.8) is 0 Å². The topological polar surface area (TPSA) is 91.6 Å². The van der Waals surface area contributed by atoms with Gasteiger partial charge in [-0.05, 0) is 37.4 Å². The summed E-state index contributed by atoms with van der Waals surface area (Å²) in [6.07, 6.45) is 0. The van der Waals surface area contributed by atoms with Crippen LogP contribution < -0.4 is 5.32 Å². The summed E-state index contributed by atoms with van der Waals surface area (Å²) >= 11 is 1.59. The molecule has 0 atom stereocenters. The van der Waals surface area contributed by atoms with Crippen molar-refractivity contribution in [3.8, 4) is 11.4 Å². The molecule has 3 heterocycles. The largest absolute Gasteiger partial charge is 0.343 e. The van der Waals surface area contributed by atoms with Gasteiger partial charge in [0.2, 0.25) is 17.6 Å². The summed E-state index contributed by atoms with van der Waals surface area (Å²) in [6.45, 7) is 7.09. The van der Waals surface area contributed by atoms with Gasteiger partial charge in [0.25, 0.3) is 5.91 Å². The molecule has 0 radical (unpaired) electrons. The van der Waals surface area contributed by atoms with Crippen molar-refractivity contribution in [1.82, 2.24) is 25.3 Å². The highest BCUT2D eigenvalue weighted by molar-refractivity contribution is 7.08. The van der Waals surface area contributed by atoms with Crippen LogP contribution in [0.1, 0.15) is 27.4 Å². The summed E-state index contributed by atoms with van der Waals surface area (Å²) < 4.78 is 5.36. The first-order chi connectivity index (χ1) is 15.0. The van der Waals surface area contributed by atoms with Crippen LogP contribution in [0.5, 0.6) is 0 Å². The maximum absolute atomic E-state index is 12.5. The van der Waals surface area contributed by atoms with E-state index in [1.807, 2.05) is 48.9 Å². The molecule has 1 fully saturated rings. The first-order valence-electron chi connectivity index (χ1n) is 10.2. The number of nitrogens with zero attached hydrogens (tertiary/aromatic N) is 4. The van der Waals surface area contributed by atoms with Crippen LogP contribution in [0.4, 0.5) is 0 Å². The summed E-state index contributed by atoms with van der Waals surface area (Å²) in [6, 6.07) is 7.63. The SMILES string of the molecule is Cc1cc(C)cc(C(=O)NCC(=O)N2CCN(Cc3nc(-c4ccsc4)no3)CC2)c1. The van der Waals surface area contributed by atoms with Crippen molar-refractivity contribution in [2.24, 2.45) is 0 Å². The van der Waals surface area contributed by atoms with Crippen LogP contribution >= 0.6 is 11.3 Å². The van der Waals surface area contributed by atoms with Gasteiger partial charge >= 0.3 is 0 Å². The molecular weight excluding hydrogens is 414 g/mol. The second-order valence-electron chi connectivity index (χ2n) is 7.74. The summed E-state index contributed by atoms with van der Waals surface area (Å²) in [5.74, 6) is 0.873. The molecule has 8 nitrogen and oxygen atoms in total.